The van der Waals surface area contributed by atoms with Gasteiger partial charge < -0.3 is 14.6 Å². The van der Waals surface area contributed by atoms with E-state index in [4.69, 9.17) is 27.6 Å². The van der Waals surface area contributed by atoms with Crippen molar-refractivity contribution in [1.82, 2.24) is 10.2 Å². The first-order valence-electron chi connectivity index (χ1n) is 8.09. The third-order valence-electron chi connectivity index (χ3n) is 4.40. The summed E-state index contributed by atoms with van der Waals surface area (Å²) in [5.41, 5.74) is 0.989. The molecule has 7 heteroatoms. The zero-order chi connectivity index (χ0) is 17.8. The van der Waals surface area contributed by atoms with Gasteiger partial charge in [-0.15, -0.1) is 0 Å². The molecule has 2 heterocycles. The van der Waals surface area contributed by atoms with Crippen LogP contribution in [0.25, 0.3) is 0 Å². The van der Waals surface area contributed by atoms with Gasteiger partial charge in [0.15, 0.2) is 0 Å². The van der Waals surface area contributed by atoms with E-state index in [0.29, 0.717) is 46.7 Å². The maximum atomic E-state index is 12.3. The molecule has 1 N–H and O–H groups in total. The molecule has 25 heavy (non-hydrogen) atoms. The summed E-state index contributed by atoms with van der Waals surface area (Å²) in [5, 5.41) is 3.75. The van der Waals surface area contributed by atoms with Crippen LogP contribution in [0.1, 0.15) is 33.6 Å². The minimum atomic E-state index is -0.210. The van der Waals surface area contributed by atoms with Gasteiger partial charge in [-0.3, -0.25) is 9.59 Å². The average Bonchev–Trinajstić information content (AvgIpc) is 3.14. The molecule has 0 spiro atoms. The Balaban J connectivity index is 1.48. The van der Waals surface area contributed by atoms with Crippen LogP contribution in [-0.4, -0.2) is 36.3 Å². The minimum absolute atomic E-state index is 0.0100. The molecule has 5 nitrogen and oxygen atoms in total. The topological polar surface area (TPSA) is 62.6 Å². The number of halogens is 2. The number of benzene rings is 1. The Morgan fingerprint density at radius 1 is 1.20 bits per heavy atom. The molecule has 0 unspecified atom stereocenters. The number of nitrogens with zero attached hydrogens (tertiary/aromatic N) is 1. The SMILES string of the molecule is O=C(NCC1CCN(C(=O)c2ccoc2)CC1)c1ccc(Cl)cc1Cl. The smallest absolute Gasteiger partial charge is 0.257 e. The van der Waals surface area contributed by atoms with E-state index in [0.717, 1.165) is 12.8 Å². The van der Waals surface area contributed by atoms with Gasteiger partial charge in [-0.25, -0.2) is 0 Å². The molecule has 1 saturated heterocycles. The van der Waals surface area contributed by atoms with Crippen LogP contribution in [-0.2, 0) is 0 Å². The molecule has 0 atom stereocenters. The Bertz CT molecular complexity index is 754. The van der Waals surface area contributed by atoms with E-state index < -0.39 is 0 Å². The molecule has 3 rings (SSSR count). The van der Waals surface area contributed by atoms with Crippen LogP contribution in [0.4, 0.5) is 0 Å². The van der Waals surface area contributed by atoms with E-state index in [-0.39, 0.29) is 11.8 Å². The van der Waals surface area contributed by atoms with E-state index in [2.05, 4.69) is 5.32 Å². The molecule has 2 aromatic rings. The normalized spacial score (nSPS) is 15.2. The average molecular weight is 381 g/mol. The summed E-state index contributed by atoms with van der Waals surface area (Å²) in [4.78, 5) is 26.3. The van der Waals surface area contributed by atoms with Crippen LogP contribution < -0.4 is 5.32 Å². The number of piperidine rings is 1. The van der Waals surface area contributed by atoms with Crippen LogP contribution in [0.3, 0.4) is 0 Å². The zero-order valence-corrected chi connectivity index (χ0v) is 15.0. The number of nitrogens with one attached hydrogen (secondary N) is 1. The Morgan fingerprint density at radius 2 is 1.96 bits per heavy atom. The molecule has 1 aliphatic heterocycles. The minimum Gasteiger partial charge on any atom is -0.472 e. The highest BCUT2D eigenvalue weighted by molar-refractivity contribution is 6.36. The predicted molar refractivity (Wildman–Crippen MR) is 96.1 cm³/mol. The summed E-state index contributed by atoms with van der Waals surface area (Å²) < 4.78 is 4.96. The number of carbonyl (C=O) groups excluding carboxylic acids is 2. The highest BCUT2D eigenvalue weighted by Crippen LogP contribution is 2.22. The summed E-state index contributed by atoms with van der Waals surface area (Å²) in [6.45, 7) is 1.91. The fourth-order valence-corrected chi connectivity index (χ4v) is 3.41. The third kappa shape index (κ3) is 4.35. The number of likely N-dealkylation sites (tertiary alicyclic amines) is 1. The summed E-state index contributed by atoms with van der Waals surface area (Å²) in [6.07, 6.45) is 4.65. The van der Waals surface area contributed by atoms with Crippen molar-refractivity contribution in [3.8, 4) is 0 Å². The van der Waals surface area contributed by atoms with Gasteiger partial charge in [0.2, 0.25) is 0 Å². The summed E-state index contributed by atoms with van der Waals surface area (Å²) in [5.74, 6) is 0.117. The maximum absolute atomic E-state index is 12.3. The summed E-state index contributed by atoms with van der Waals surface area (Å²) >= 11 is 11.9. The van der Waals surface area contributed by atoms with Crippen LogP contribution in [0.5, 0.6) is 0 Å². The summed E-state index contributed by atoms with van der Waals surface area (Å²) in [7, 11) is 0. The van der Waals surface area contributed by atoms with Crippen molar-refractivity contribution in [3.63, 3.8) is 0 Å². The predicted octanol–water partition coefficient (Wildman–Crippen LogP) is 3.87. The first kappa shape index (κ1) is 17.8. The van der Waals surface area contributed by atoms with Crippen molar-refractivity contribution in [2.24, 2.45) is 5.92 Å². The number of furan rings is 1. The third-order valence-corrected chi connectivity index (χ3v) is 4.94. The Hall–Kier alpha value is -1.98. The van der Waals surface area contributed by atoms with Crippen molar-refractivity contribution in [2.75, 3.05) is 19.6 Å². The van der Waals surface area contributed by atoms with Gasteiger partial charge in [0.05, 0.1) is 22.4 Å². The maximum Gasteiger partial charge on any atom is 0.257 e. The first-order valence-corrected chi connectivity index (χ1v) is 8.85. The van der Waals surface area contributed by atoms with E-state index in [9.17, 15) is 9.59 Å². The lowest BCUT2D eigenvalue weighted by molar-refractivity contribution is 0.0683. The van der Waals surface area contributed by atoms with Crippen LogP contribution >= 0.6 is 23.2 Å². The van der Waals surface area contributed by atoms with Crippen molar-refractivity contribution in [1.29, 1.82) is 0 Å². The molecule has 0 radical (unpaired) electrons. The number of rotatable bonds is 4. The van der Waals surface area contributed by atoms with Gasteiger partial charge in [-0.05, 0) is 43.0 Å². The molecule has 1 aromatic carbocycles. The summed E-state index contributed by atoms with van der Waals surface area (Å²) in [6, 6.07) is 6.48. The van der Waals surface area contributed by atoms with Crippen LogP contribution in [0, 0.1) is 5.92 Å². The lowest BCUT2D eigenvalue weighted by atomic mass is 9.96. The van der Waals surface area contributed by atoms with Crippen molar-refractivity contribution >= 4 is 35.0 Å². The van der Waals surface area contributed by atoms with Crippen LogP contribution in [0.2, 0.25) is 10.0 Å². The van der Waals surface area contributed by atoms with Crippen molar-refractivity contribution in [3.05, 3.63) is 58.0 Å². The second-order valence-electron chi connectivity index (χ2n) is 6.08. The monoisotopic (exact) mass is 380 g/mol. The molecule has 1 fully saturated rings. The van der Waals surface area contributed by atoms with Gasteiger partial charge in [0.1, 0.15) is 6.26 Å². The van der Waals surface area contributed by atoms with Gasteiger partial charge in [0.25, 0.3) is 11.8 Å². The van der Waals surface area contributed by atoms with Gasteiger partial charge in [-0.2, -0.15) is 0 Å². The Labute approximate surface area is 155 Å². The second-order valence-corrected chi connectivity index (χ2v) is 6.93. The highest BCUT2D eigenvalue weighted by atomic mass is 35.5. The molecule has 1 aromatic heterocycles. The molecule has 132 valence electrons. The first-order chi connectivity index (χ1) is 12.0. The molecular weight excluding hydrogens is 363 g/mol. The van der Waals surface area contributed by atoms with E-state index in [1.807, 2.05) is 4.90 Å². The second kappa shape index (κ2) is 7.93. The highest BCUT2D eigenvalue weighted by Gasteiger charge is 2.24. The molecule has 0 bridgehead atoms. The number of amides is 2. The van der Waals surface area contributed by atoms with E-state index in [1.165, 1.54) is 12.5 Å². The van der Waals surface area contributed by atoms with Crippen molar-refractivity contribution < 1.29 is 14.0 Å². The molecule has 2 amide bonds. The quantitative estimate of drug-likeness (QED) is 0.875. The molecular formula is C18H18Cl2N2O3. The largest absolute Gasteiger partial charge is 0.472 e. The van der Waals surface area contributed by atoms with Gasteiger partial charge in [0, 0.05) is 24.7 Å². The Morgan fingerprint density at radius 3 is 2.60 bits per heavy atom. The van der Waals surface area contributed by atoms with E-state index >= 15 is 0 Å². The lowest BCUT2D eigenvalue weighted by Gasteiger charge is -2.31. The van der Waals surface area contributed by atoms with Crippen molar-refractivity contribution in [2.45, 2.75) is 12.8 Å². The van der Waals surface area contributed by atoms with Gasteiger partial charge >= 0.3 is 0 Å². The standard InChI is InChI=1S/C18H18Cl2N2O3/c19-14-1-2-15(16(20)9-14)17(23)21-10-12-3-6-22(7-4-12)18(24)13-5-8-25-11-13/h1-2,5,8-9,11-12H,3-4,6-7,10H2,(H,21,23). The fraction of sp³-hybridized carbons (Fsp3) is 0.333. The lowest BCUT2D eigenvalue weighted by Crippen LogP contribution is -2.41. The van der Waals surface area contributed by atoms with Gasteiger partial charge in [-0.1, -0.05) is 23.2 Å². The molecule has 1 aliphatic rings. The zero-order valence-electron chi connectivity index (χ0n) is 13.5. The van der Waals surface area contributed by atoms with E-state index in [1.54, 1.807) is 24.3 Å². The molecule has 0 saturated carbocycles. The fourth-order valence-electron chi connectivity index (χ4n) is 2.91. The number of hydrogen-bond acceptors (Lipinski definition) is 3. The number of hydrogen-bond donors (Lipinski definition) is 1. The Kier molecular flexibility index (Phi) is 5.66. The van der Waals surface area contributed by atoms with Crippen LogP contribution in [0.15, 0.2) is 41.2 Å². The number of carbonyl (C=O) groups is 2. The molecule has 0 aliphatic carbocycles.